The number of nitrogens with zero attached hydrogens (tertiary/aromatic N) is 1. The second-order valence-corrected chi connectivity index (χ2v) is 4.60. The largest absolute Gasteiger partial charge is 0.497 e. The van der Waals surface area contributed by atoms with E-state index in [1.165, 1.54) is 6.08 Å². The highest BCUT2D eigenvalue weighted by Gasteiger charge is 2.09. The molecule has 0 spiro atoms. The highest BCUT2D eigenvalue weighted by atomic mass is 16.5. The van der Waals surface area contributed by atoms with Gasteiger partial charge in [0.25, 0.3) is 0 Å². The molecule has 0 unspecified atom stereocenters. The molecule has 0 aliphatic carbocycles. The zero-order valence-electron chi connectivity index (χ0n) is 11.9. The summed E-state index contributed by atoms with van der Waals surface area (Å²) in [7, 11) is 1.65. The van der Waals surface area contributed by atoms with Crippen molar-refractivity contribution in [1.82, 2.24) is 4.57 Å². The van der Waals surface area contributed by atoms with Gasteiger partial charge in [0.05, 0.1) is 7.11 Å². The smallest absolute Gasteiger partial charge is 0.241 e. The van der Waals surface area contributed by atoms with E-state index in [9.17, 15) is 4.79 Å². The molecule has 1 aromatic heterocycles. The van der Waals surface area contributed by atoms with Crippen LogP contribution in [0.5, 0.6) is 5.75 Å². The lowest BCUT2D eigenvalue weighted by Gasteiger charge is -2.11. The molecule has 4 nitrogen and oxygen atoms in total. The van der Waals surface area contributed by atoms with Gasteiger partial charge in [-0.25, -0.2) is 0 Å². The van der Waals surface area contributed by atoms with Crippen molar-refractivity contribution >= 4 is 12.0 Å². The van der Waals surface area contributed by atoms with E-state index in [0.717, 1.165) is 28.4 Å². The Hall–Kier alpha value is -2.49. The van der Waals surface area contributed by atoms with Gasteiger partial charge in [-0.1, -0.05) is 6.07 Å². The fourth-order valence-electron chi connectivity index (χ4n) is 2.28. The molecule has 2 N–H and O–H groups in total. The number of aromatic nitrogens is 1. The van der Waals surface area contributed by atoms with Crippen molar-refractivity contribution < 1.29 is 9.53 Å². The summed E-state index contributed by atoms with van der Waals surface area (Å²) in [5, 5.41) is 0. The number of amides is 1. The minimum atomic E-state index is -0.448. The fraction of sp³-hybridized carbons (Fsp3) is 0.188. The number of benzene rings is 1. The summed E-state index contributed by atoms with van der Waals surface area (Å²) in [6, 6.07) is 9.87. The zero-order valence-corrected chi connectivity index (χ0v) is 11.9. The van der Waals surface area contributed by atoms with Crippen LogP contribution in [-0.2, 0) is 4.79 Å². The number of methoxy groups -OCH3 is 1. The lowest BCUT2D eigenvalue weighted by Crippen LogP contribution is -2.05. The standard InChI is InChI=1S/C16H18N2O2/c1-11-9-13(7-8-16(17)19)12(2)18(11)14-5-4-6-15(10-14)20-3/h4-10H,1-3H3,(H2,17,19)/b8-7+. The second kappa shape index (κ2) is 5.65. The summed E-state index contributed by atoms with van der Waals surface area (Å²) in [6.45, 7) is 4.03. The monoisotopic (exact) mass is 270 g/mol. The molecule has 104 valence electrons. The number of rotatable bonds is 4. The SMILES string of the molecule is COc1cccc(-n2c(C)cc(/C=C/C(N)=O)c2C)c1. The van der Waals surface area contributed by atoms with Crippen molar-refractivity contribution in [2.45, 2.75) is 13.8 Å². The van der Waals surface area contributed by atoms with Crippen LogP contribution in [0.25, 0.3) is 11.8 Å². The van der Waals surface area contributed by atoms with Crippen LogP contribution < -0.4 is 10.5 Å². The molecule has 20 heavy (non-hydrogen) atoms. The maximum Gasteiger partial charge on any atom is 0.241 e. The minimum absolute atomic E-state index is 0.448. The van der Waals surface area contributed by atoms with Gasteiger partial charge >= 0.3 is 0 Å². The number of hydrogen-bond acceptors (Lipinski definition) is 2. The Morgan fingerprint density at radius 3 is 2.70 bits per heavy atom. The van der Waals surface area contributed by atoms with Gasteiger partial charge in [0.15, 0.2) is 0 Å². The van der Waals surface area contributed by atoms with Gasteiger partial charge in [0.2, 0.25) is 5.91 Å². The number of carbonyl (C=O) groups excluding carboxylic acids is 1. The molecule has 1 aromatic carbocycles. The molecule has 1 heterocycles. The third-order valence-corrected chi connectivity index (χ3v) is 3.21. The number of ether oxygens (including phenoxy) is 1. The van der Waals surface area contributed by atoms with E-state index in [2.05, 4.69) is 4.57 Å². The normalized spacial score (nSPS) is 10.9. The second-order valence-electron chi connectivity index (χ2n) is 4.60. The first-order valence-electron chi connectivity index (χ1n) is 6.34. The molecular weight excluding hydrogens is 252 g/mol. The van der Waals surface area contributed by atoms with Crippen LogP contribution in [0.3, 0.4) is 0 Å². The first-order valence-corrected chi connectivity index (χ1v) is 6.34. The Bertz CT molecular complexity index is 669. The van der Waals surface area contributed by atoms with E-state index >= 15 is 0 Å². The van der Waals surface area contributed by atoms with Crippen LogP contribution in [0.1, 0.15) is 17.0 Å². The molecular formula is C16H18N2O2. The Kier molecular flexibility index (Phi) is 3.94. The van der Waals surface area contributed by atoms with Crippen LogP contribution in [-0.4, -0.2) is 17.6 Å². The van der Waals surface area contributed by atoms with Gasteiger partial charge in [-0.05, 0) is 43.7 Å². The quantitative estimate of drug-likeness (QED) is 0.868. The molecule has 0 bridgehead atoms. The highest BCUT2D eigenvalue weighted by Crippen LogP contribution is 2.24. The number of carbonyl (C=O) groups is 1. The maximum absolute atomic E-state index is 10.8. The molecule has 4 heteroatoms. The zero-order chi connectivity index (χ0) is 14.7. The van der Waals surface area contributed by atoms with E-state index in [0.29, 0.717) is 0 Å². The van der Waals surface area contributed by atoms with Crippen molar-refractivity contribution in [3.63, 3.8) is 0 Å². The highest BCUT2D eigenvalue weighted by molar-refractivity contribution is 5.90. The fourth-order valence-corrected chi connectivity index (χ4v) is 2.28. The van der Waals surface area contributed by atoms with E-state index in [1.807, 2.05) is 44.2 Å². The number of hydrogen-bond donors (Lipinski definition) is 1. The van der Waals surface area contributed by atoms with Gasteiger partial charge in [0, 0.05) is 29.2 Å². The molecule has 0 aliphatic heterocycles. The van der Waals surface area contributed by atoms with E-state index in [4.69, 9.17) is 10.5 Å². The van der Waals surface area contributed by atoms with Gasteiger partial charge in [-0.2, -0.15) is 0 Å². The summed E-state index contributed by atoms with van der Waals surface area (Å²) < 4.78 is 7.37. The van der Waals surface area contributed by atoms with Crippen LogP contribution in [0.15, 0.2) is 36.4 Å². The molecule has 0 fully saturated rings. The molecule has 0 aliphatic rings. The summed E-state index contributed by atoms with van der Waals surface area (Å²) in [6.07, 6.45) is 3.11. The third kappa shape index (κ3) is 2.74. The van der Waals surface area contributed by atoms with Crippen molar-refractivity contribution in [3.8, 4) is 11.4 Å². The van der Waals surface area contributed by atoms with E-state index < -0.39 is 5.91 Å². The van der Waals surface area contributed by atoms with Crippen LogP contribution >= 0.6 is 0 Å². The Balaban J connectivity index is 2.49. The summed E-state index contributed by atoms with van der Waals surface area (Å²) in [5.74, 6) is 0.361. The summed E-state index contributed by atoms with van der Waals surface area (Å²) >= 11 is 0. The lowest BCUT2D eigenvalue weighted by atomic mass is 10.2. The van der Waals surface area contributed by atoms with Gasteiger partial charge < -0.3 is 15.0 Å². The minimum Gasteiger partial charge on any atom is -0.497 e. The first kappa shape index (κ1) is 13.9. The van der Waals surface area contributed by atoms with Crippen molar-refractivity contribution in [2.24, 2.45) is 5.73 Å². The molecule has 1 amide bonds. The van der Waals surface area contributed by atoms with Crippen LogP contribution in [0.4, 0.5) is 0 Å². The summed E-state index contributed by atoms with van der Waals surface area (Å²) in [4.78, 5) is 10.8. The van der Waals surface area contributed by atoms with Crippen LogP contribution in [0.2, 0.25) is 0 Å². The van der Waals surface area contributed by atoms with Gasteiger partial charge in [-0.3, -0.25) is 4.79 Å². The molecule has 0 radical (unpaired) electrons. The number of aryl methyl sites for hydroxylation is 1. The van der Waals surface area contributed by atoms with Crippen molar-refractivity contribution in [1.29, 1.82) is 0 Å². The average Bonchev–Trinajstić information content (AvgIpc) is 2.71. The molecule has 2 rings (SSSR count). The van der Waals surface area contributed by atoms with E-state index in [-0.39, 0.29) is 0 Å². The predicted molar refractivity (Wildman–Crippen MR) is 80.0 cm³/mol. The van der Waals surface area contributed by atoms with Crippen molar-refractivity contribution in [2.75, 3.05) is 7.11 Å². The Labute approximate surface area is 118 Å². The first-order chi connectivity index (χ1) is 9.52. The predicted octanol–water partition coefficient (Wildman–Crippen LogP) is 2.60. The summed E-state index contributed by atoms with van der Waals surface area (Å²) in [5.41, 5.74) is 9.27. The van der Waals surface area contributed by atoms with Gasteiger partial charge in [0.1, 0.15) is 5.75 Å². The van der Waals surface area contributed by atoms with Gasteiger partial charge in [-0.15, -0.1) is 0 Å². The Morgan fingerprint density at radius 2 is 2.05 bits per heavy atom. The molecule has 0 atom stereocenters. The molecule has 0 saturated heterocycles. The molecule has 0 saturated carbocycles. The maximum atomic E-state index is 10.8. The third-order valence-electron chi connectivity index (χ3n) is 3.21. The lowest BCUT2D eigenvalue weighted by molar-refractivity contribution is -0.113. The Morgan fingerprint density at radius 1 is 1.30 bits per heavy atom. The number of primary amides is 1. The number of nitrogens with two attached hydrogens (primary N) is 1. The topological polar surface area (TPSA) is 57.2 Å². The van der Waals surface area contributed by atoms with Crippen LogP contribution in [0, 0.1) is 13.8 Å². The molecule has 2 aromatic rings. The van der Waals surface area contributed by atoms with E-state index in [1.54, 1.807) is 13.2 Å². The van der Waals surface area contributed by atoms with Crippen molar-refractivity contribution in [3.05, 3.63) is 53.4 Å². The average molecular weight is 270 g/mol.